The first-order valence-electron chi connectivity index (χ1n) is 6.42. The van der Waals surface area contributed by atoms with E-state index < -0.39 is 5.54 Å². The van der Waals surface area contributed by atoms with Crippen LogP contribution in [-0.4, -0.2) is 35.1 Å². The van der Waals surface area contributed by atoms with Gasteiger partial charge in [0.1, 0.15) is 23.5 Å². The molecule has 0 bridgehead atoms. The fourth-order valence-electron chi connectivity index (χ4n) is 1.54. The molecule has 0 radical (unpaired) electrons. The molecule has 19 heavy (non-hydrogen) atoms. The second-order valence-corrected chi connectivity index (χ2v) is 4.81. The summed E-state index contributed by atoms with van der Waals surface area (Å²) in [7, 11) is 1.36. The van der Waals surface area contributed by atoms with Crippen LogP contribution in [0.25, 0.3) is 0 Å². The molecule has 106 valence electrons. The lowest BCUT2D eigenvalue weighted by molar-refractivity contribution is -0.144. The van der Waals surface area contributed by atoms with E-state index in [0.717, 1.165) is 25.2 Å². The van der Waals surface area contributed by atoms with Crippen molar-refractivity contribution in [3.05, 3.63) is 12.4 Å². The number of anilines is 2. The Kier molecular flexibility index (Phi) is 5.54. The fraction of sp³-hybridized carbons (Fsp3) is 0.615. The second-order valence-electron chi connectivity index (χ2n) is 4.81. The molecule has 0 aliphatic carbocycles. The normalized spacial score (nSPS) is 10.9. The molecule has 1 rings (SSSR count). The average Bonchev–Trinajstić information content (AvgIpc) is 2.38. The van der Waals surface area contributed by atoms with Crippen molar-refractivity contribution in [1.29, 1.82) is 0 Å². The molecular formula is C13H22N4O2. The number of methoxy groups -OCH3 is 1. The lowest BCUT2D eigenvalue weighted by Gasteiger charge is -2.23. The Bertz CT molecular complexity index is 421. The van der Waals surface area contributed by atoms with E-state index in [0.29, 0.717) is 5.82 Å². The number of rotatable bonds is 7. The Labute approximate surface area is 114 Å². The van der Waals surface area contributed by atoms with Crippen molar-refractivity contribution in [2.24, 2.45) is 0 Å². The van der Waals surface area contributed by atoms with Crippen molar-refractivity contribution in [2.45, 2.75) is 39.2 Å². The molecule has 0 aliphatic rings. The molecule has 0 aliphatic heterocycles. The zero-order chi connectivity index (χ0) is 14.3. The third-order valence-electron chi connectivity index (χ3n) is 2.64. The van der Waals surface area contributed by atoms with Crippen LogP contribution in [0.3, 0.4) is 0 Å². The lowest BCUT2D eigenvalue weighted by Crippen LogP contribution is -2.41. The molecule has 0 fully saturated rings. The van der Waals surface area contributed by atoms with Crippen molar-refractivity contribution in [1.82, 2.24) is 9.97 Å². The van der Waals surface area contributed by atoms with Crippen LogP contribution in [0.4, 0.5) is 11.6 Å². The molecule has 0 unspecified atom stereocenters. The Morgan fingerprint density at radius 2 is 2.05 bits per heavy atom. The SMILES string of the molecule is CCCCNc1cc(NC(C)(C)C(=O)OC)ncn1. The summed E-state index contributed by atoms with van der Waals surface area (Å²) >= 11 is 0. The number of esters is 1. The van der Waals surface area contributed by atoms with Crippen LogP contribution in [0.1, 0.15) is 33.6 Å². The molecule has 0 atom stereocenters. The van der Waals surface area contributed by atoms with Gasteiger partial charge in [0.15, 0.2) is 0 Å². The summed E-state index contributed by atoms with van der Waals surface area (Å²) < 4.78 is 4.74. The average molecular weight is 266 g/mol. The van der Waals surface area contributed by atoms with Crippen molar-refractivity contribution in [3.63, 3.8) is 0 Å². The highest BCUT2D eigenvalue weighted by Gasteiger charge is 2.28. The smallest absolute Gasteiger partial charge is 0.330 e. The van der Waals surface area contributed by atoms with Gasteiger partial charge in [-0.1, -0.05) is 13.3 Å². The monoisotopic (exact) mass is 266 g/mol. The van der Waals surface area contributed by atoms with Gasteiger partial charge in [-0.3, -0.25) is 0 Å². The van der Waals surface area contributed by atoms with E-state index in [1.807, 2.05) is 0 Å². The van der Waals surface area contributed by atoms with E-state index in [2.05, 4.69) is 27.5 Å². The molecule has 2 N–H and O–H groups in total. The molecule has 0 saturated carbocycles. The minimum Gasteiger partial charge on any atom is -0.467 e. The van der Waals surface area contributed by atoms with Gasteiger partial charge in [0.05, 0.1) is 7.11 Å². The quantitative estimate of drug-likeness (QED) is 0.581. The van der Waals surface area contributed by atoms with E-state index in [4.69, 9.17) is 4.74 Å². The van der Waals surface area contributed by atoms with Crippen LogP contribution >= 0.6 is 0 Å². The maximum absolute atomic E-state index is 11.6. The predicted octanol–water partition coefficient (Wildman–Crippen LogP) is 2.05. The Hall–Kier alpha value is -1.85. The van der Waals surface area contributed by atoms with Crippen LogP contribution in [0, 0.1) is 0 Å². The number of carbonyl (C=O) groups is 1. The number of nitrogens with one attached hydrogen (secondary N) is 2. The Morgan fingerprint density at radius 3 is 2.68 bits per heavy atom. The highest BCUT2D eigenvalue weighted by Crippen LogP contribution is 2.16. The van der Waals surface area contributed by atoms with Crippen LogP contribution in [0.2, 0.25) is 0 Å². The summed E-state index contributed by atoms with van der Waals surface area (Å²) in [6.07, 6.45) is 3.67. The first kappa shape index (κ1) is 15.2. The summed E-state index contributed by atoms with van der Waals surface area (Å²) in [5, 5.41) is 6.24. The molecule has 0 spiro atoms. The molecule has 1 aromatic rings. The maximum atomic E-state index is 11.6. The van der Waals surface area contributed by atoms with Gasteiger partial charge in [0.2, 0.25) is 0 Å². The summed E-state index contributed by atoms with van der Waals surface area (Å²) in [5.41, 5.74) is -0.830. The van der Waals surface area contributed by atoms with Crippen LogP contribution < -0.4 is 10.6 Å². The topological polar surface area (TPSA) is 76.1 Å². The van der Waals surface area contributed by atoms with E-state index in [1.54, 1.807) is 19.9 Å². The summed E-state index contributed by atoms with van der Waals surface area (Å²) in [6.45, 7) is 6.48. The van der Waals surface area contributed by atoms with Crippen molar-refractivity contribution in [2.75, 3.05) is 24.3 Å². The third-order valence-corrected chi connectivity index (χ3v) is 2.64. The molecule has 0 amide bonds. The van der Waals surface area contributed by atoms with Crippen molar-refractivity contribution >= 4 is 17.6 Å². The van der Waals surface area contributed by atoms with Crippen LogP contribution in [-0.2, 0) is 9.53 Å². The molecular weight excluding hydrogens is 244 g/mol. The summed E-state index contributed by atoms with van der Waals surface area (Å²) in [4.78, 5) is 19.8. The van der Waals surface area contributed by atoms with E-state index in [9.17, 15) is 4.79 Å². The predicted molar refractivity (Wildman–Crippen MR) is 75.1 cm³/mol. The van der Waals surface area contributed by atoms with Crippen LogP contribution in [0.15, 0.2) is 12.4 Å². The van der Waals surface area contributed by atoms with Crippen LogP contribution in [0.5, 0.6) is 0 Å². The number of carbonyl (C=O) groups excluding carboxylic acids is 1. The van der Waals surface area contributed by atoms with Crippen molar-refractivity contribution in [3.8, 4) is 0 Å². The molecule has 0 saturated heterocycles. The first-order valence-corrected chi connectivity index (χ1v) is 6.42. The molecule has 1 aromatic heterocycles. The van der Waals surface area contributed by atoms with Gasteiger partial charge in [-0.15, -0.1) is 0 Å². The van der Waals surface area contributed by atoms with E-state index in [-0.39, 0.29) is 5.97 Å². The summed E-state index contributed by atoms with van der Waals surface area (Å²) in [6, 6.07) is 1.78. The number of unbranched alkanes of at least 4 members (excludes halogenated alkanes) is 1. The lowest BCUT2D eigenvalue weighted by atomic mass is 10.1. The maximum Gasteiger partial charge on any atom is 0.330 e. The highest BCUT2D eigenvalue weighted by molar-refractivity contribution is 5.83. The fourth-order valence-corrected chi connectivity index (χ4v) is 1.54. The number of nitrogens with zero attached hydrogens (tertiary/aromatic N) is 2. The van der Waals surface area contributed by atoms with Gasteiger partial charge < -0.3 is 15.4 Å². The Balaban J connectivity index is 2.68. The summed E-state index contributed by atoms with van der Waals surface area (Å²) in [5.74, 6) is 0.989. The van der Waals surface area contributed by atoms with E-state index in [1.165, 1.54) is 13.4 Å². The van der Waals surface area contributed by atoms with Gasteiger partial charge in [0.25, 0.3) is 0 Å². The highest BCUT2D eigenvalue weighted by atomic mass is 16.5. The van der Waals surface area contributed by atoms with Gasteiger partial charge >= 0.3 is 5.97 Å². The Morgan fingerprint density at radius 1 is 1.37 bits per heavy atom. The molecule has 6 heteroatoms. The minimum atomic E-state index is -0.830. The number of aromatic nitrogens is 2. The third kappa shape index (κ3) is 4.73. The zero-order valence-electron chi connectivity index (χ0n) is 12.0. The minimum absolute atomic E-state index is 0.341. The molecule has 0 aromatic carbocycles. The largest absolute Gasteiger partial charge is 0.467 e. The molecule has 6 nitrogen and oxygen atoms in total. The first-order chi connectivity index (χ1) is 8.99. The van der Waals surface area contributed by atoms with Crippen molar-refractivity contribution < 1.29 is 9.53 Å². The molecule has 1 heterocycles. The second kappa shape index (κ2) is 6.92. The van der Waals surface area contributed by atoms with Gasteiger partial charge in [-0.05, 0) is 20.3 Å². The van der Waals surface area contributed by atoms with Gasteiger partial charge in [0, 0.05) is 12.6 Å². The number of hydrogen-bond acceptors (Lipinski definition) is 6. The standard InChI is InChI=1S/C13H22N4O2/c1-5-6-7-14-10-8-11(16-9-15-10)17-13(2,3)12(18)19-4/h8-9H,5-7H2,1-4H3,(H2,14,15,16,17). The number of ether oxygens (including phenoxy) is 1. The van der Waals surface area contributed by atoms with E-state index >= 15 is 0 Å². The van der Waals surface area contributed by atoms with Gasteiger partial charge in [-0.2, -0.15) is 0 Å². The van der Waals surface area contributed by atoms with Gasteiger partial charge in [-0.25, -0.2) is 14.8 Å². The number of hydrogen-bond donors (Lipinski definition) is 2. The zero-order valence-corrected chi connectivity index (χ0v) is 12.0.